The number of nitrogens with one attached hydrogen (secondary N) is 2. The van der Waals surface area contributed by atoms with Gasteiger partial charge in [-0.05, 0) is 17.5 Å². The number of rotatable bonds is 6. The highest BCUT2D eigenvalue weighted by Crippen LogP contribution is 2.20. The van der Waals surface area contributed by atoms with Gasteiger partial charge in [-0.15, -0.1) is 11.3 Å². The molecule has 2 heterocycles. The van der Waals surface area contributed by atoms with Crippen LogP contribution in [0.1, 0.15) is 10.4 Å². The Morgan fingerprint density at radius 1 is 1.17 bits per heavy atom. The van der Waals surface area contributed by atoms with Crippen molar-refractivity contribution in [1.29, 1.82) is 0 Å². The molecule has 8 heteroatoms. The smallest absolute Gasteiger partial charge is 0.253 e. The van der Waals surface area contributed by atoms with Crippen molar-refractivity contribution in [2.24, 2.45) is 7.05 Å². The molecule has 0 aliphatic carbocycles. The van der Waals surface area contributed by atoms with E-state index < -0.39 is 10.0 Å². The summed E-state index contributed by atoms with van der Waals surface area (Å²) in [4.78, 5) is 12.3. The Labute approximate surface area is 144 Å². The minimum atomic E-state index is -3.50. The second-order valence-electron chi connectivity index (χ2n) is 5.26. The summed E-state index contributed by atoms with van der Waals surface area (Å²) in [5, 5.41) is 5.32. The van der Waals surface area contributed by atoms with E-state index in [1.54, 1.807) is 23.7 Å². The fourth-order valence-electron chi connectivity index (χ4n) is 2.47. The Morgan fingerprint density at radius 3 is 2.71 bits per heavy atom. The van der Waals surface area contributed by atoms with Gasteiger partial charge in [0.1, 0.15) is 4.21 Å². The maximum absolute atomic E-state index is 12.3. The van der Waals surface area contributed by atoms with Crippen LogP contribution in [0.2, 0.25) is 0 Å². The van der Waals surface area contributed by atoms with Crippen LogP contribution in [0.15, 0.2) is 52.2 Å². The summed E-state index contributed by atoms with van der Waals surface area (Å²) in [6, 6.07) is 10.9. The summed E-state index contributed by atoms with van der Waals surface area (Å²) >= 11 is 1.15. The number of sulfonamides is 1. The number of aromatic nitrogens is 1. The number of benzene rings is 1. The first kappa shape index (κ1) is 16.7. The summed E-state index contributed by atoms with van der Waals surface area (Å²) in [5.74, 6) is -0.220. The van der Waals surface area contributed by atoms with E-state index in [4.69, 9.17) is 0 Å². The Morgan fingerprint density at radius 2 is 1.96 bits per heavy atom. The summed E-state index contributed by atoms with van der Waals surface area (Å²) in [5.41, 5.74) is 1.55. The highest BCUT2D eigenvalue weighted by molar-refractivity contribution is 7.91. The van der Waals surface area contributed by atoms with Crippen LogP contribution in [0.4, 0.5) is 0 Å². The number of aryl methyl sites for hydroxylation is 1. The van der Waals surface area contributed by atoms with Crippen molar-refractivity contribution in [2.45, 2.75) is 4.21 Å². The molecule has 0 spiro atoms. The van der Waals surface area contributed by atoms with E-state index in [2.05, 4.69) is 10.0 Å². The lowest BCUT2D eigenvalue weighted by Crippen LogP contribution is -2.34. The molecular formula is C16H17N3O3S2. The van der Waals surface area contributed by atoms with Gasteiger partial charge in [-0.25, -0.2) is 13.1 Å². The van der Waals surface area contributed by atoms with Crippen molar-refractivity contribution in [2.75, 3.05) is 13.1 Å². The van der Waals surface area contributed by atoms with Gasteiger partial charge in [-0.3, -0.25) is 4.79 Å². The zero-order valence-electron chi connectivity index (χ0n) is 13.0. The molecule has 0 aliphatic heterocycles. The van der Waals surface area contributed by atoms with E-state index in [1.807, 2.05) is 35.9 Å². The molecule has 126 valence electrons. The molecule has 1 amide bonds. The van der Waals surface area contributed by atoms with Gasteiger partial charge >= 0.3 is 0 Å². The zero-order chi connectivity index (χ0) is 17.2. The Bertz CT molecular complexity index is 960. The molecule has 3 rings (SSSR count). The Balaban J connectivity index is 1.60. The van der Waals surface area contributed by atoms with Crippen molar-refractivity contribution in [3.63, 3.8) is 0 Å². The number of para-hydroxylation sites is 1. The SMILES string of the molecule is Cn1cc(C(=O)NCCNS(=O)(=O)c2cccs2)c2ccccc21. The third-order valence-electron chi connectivity index (χ3n) is 3.60. The molecule has 0 saturated carbocycles. The third-order valence-corrected chi connectivity index (χ3v) is 6.46. The van der Waals surface area contributed by atoms with Gasteiger partial charge in [-0.2, -0.15) is 0 Å². The molecule has 2 N–H and O–H groups in total. The molecule has 0 radical (unpaired) electrons. The number of amides is 1. The molecule has 1 aromatic carbocycles. The fourth-order valence-corrected chi connectivity index (χ4v) is 4.54. The van der Waals surface area contributed by atoms with Gasteiger partial charge in [0.2, 0.25) is 10.0 Å². The largest absolute Gasteiger partial charge is 0.351 e. The van der Waals surface area contributed by atoms with Gasteiger partial charge in [0.15, 0.2) is 0 Å². The molecule has 3 aromatic rings. The summed E-state index contributed by atoms with van der Waals surface area (Å²) in [7, 11) is -1.61. The minimum absolute atomic E-state index is 0.136. The van der Waals surface area contributed by atoms with Crippen LogP contribution in [0, 0.1) is 0 Å². The van der Waals surface area contributed by atoms with Crippen LogP contribution >= 0.6 is 11.3 Å². The van der Waals surface area contributed by atoms with Crippen LogP contribution in [0.5, 0.6) is 0 Å². The molecule has 6 nitrogen and oxygen atoms in total. The van der Waals surface area contributed by atoms with Gasteiger partial charge in [-0.1, -0.05) is 24.3 Å². The molecule has 0 saturated heterocycles. The number of thiophene rings is 1. The van der Waals surface area contributed by atoms with Crippen LogP contribution in [-0.2, 0) is 17.1 Å². The number of hydrogen-bond donors (Lipinski definition) is 2. The quantitative estimate of drug-likeness (QED) is 0.657. The van der Waals surface area contributed by atoms with Gasteiger partial charge in [0.05, 0.1) is 5.56 Å². The third kappa shape index (κ3) is 3.35. The summed E-state index contributed by atoms with van der Waals surface area (Å²) in [6.45, 7) is 0.351. The average molecular weight is 363 g/mol. The highest BCUT2D eigenvalue weighted by Gasteiger charge is 2.15. The molecule has 0 fully saturated rings. The Kier molecular flexibility index (Phi) is 4.70. The van der Waals surface area contributed by atoms with Crippen molar-refractivity contribution < 1.29 is 13.2 Å². The molecule has 0 bridgehead atoms. The standard InChI is InChI=1S/C16H17N3O3S2/c1-19-11-13(12-5-2-3-6-14(12)19)16(20)17-8-9-18-24(21,22)15-7-4-10-23-15/h2-7,10-11,18H,8-9H2,1H3,(H,17,20). The van der Waals surface area contributed by atoms with E-state index in [1.165, 1.54) is 0 Å². The zero-order valence-corrected chi connectivity index (χ0v) is 14.7. The van der Waals surface area contributed by atoms with Crippen molar-refractivity contribution in [1.82, 2.24) is 14.6 Å². The van der Waals surface area contributed by atoms with Gasteiger partial charge in [0.25, 0.3) is 5.91 Å². The maximum atomic E-state index is 12.3. The molecule has 0 atom stereocenters. The van der Waals surface area contributed by atoms with E-state index >= 15 is 0 Å². The van der Waals surface area contributed by atoms with E-state index in [0.717, 1.165) is 22.2 Å². The number of fused-ring (bicyclic) bond motifs is 1. The fraction of sp³-hybridized carbons (Fsp3) is 0.188. The average Bonchev–Trinajstić information content (AvgIpc) is 3.21. The predicted octanol–water partition coefficient (Wildman–Crippen LogP) is 1.95. The maximum Gasteiger partial charge on any atom is 0.253 e. The van der Waals surface area contributed by atoms with Crippen molar-refractivity contribution >= 4 is 38.2 Å². The molecular weight excluding hydrogens is 346 g/mol. The van der Waals surface area contributed by atoms with Crippen molar-refractivity contribution in [3.8, 4) is 0 Å². The predicted molar refractivity (Wildman–Crippen MR) is 94.8 cm³/mol. The monoisotopic (exact) mass is 363 g/mol. The highest BCUT2D eigenvalue weighted by atomic mass is 32.2. The summed E-state index contributed by atoms with van der Waals surface area (Å²) < 4.78 is 28.6. The Hall–Kier alpha value is -2.16. The van der Waals surface area contributed by atoms with E-state index in [0.29, 0.717) is 5.56 Å². The first-order valence-corrected chi connectivity index (χ1v) is 9.71. The number of hydrogen-bond acceptors (Lipinski definition) is 4. The topological polar surface area (TPSA) is 80.2 Å². The van der Waals surface area contributed by atoms with Crippen LogP contribution in [-0.4, -0.2) is 32.0 Å². The summed E-state index contributed by atoms with van der Waals surface area (Å²) in [6.07, 6.45) is 1.77. The normalized spacial score (nSPS) is 11.7. The molecule has 0 unspecified atom stereocenters. The molecule has 24 heavy (non-hydrogen) atoms. The molecule has 2 aromatic heterocycles. The second-order valence-corrected chi connectivity index (χ2v) is 8.20. The minimum Gasteiger partial charge on any atom is -0.351 e. The van der Waals surface area contributed by atoms with Crippen LogP contribution in [0.25, 0.3) is 10.9 Å². The van der Waals surface area contributed by atoms with Crippen molar-refractivity contribution in [3.05, 3.63) is 53.5 Å². The van der Waals surface area contributed by atoms with Crippen LogP contribution in [0.3, 0.4) is 0 Å². The van der Waals surface area contributed by atoms with E-state index in [9.17, 15) is 13.2 Å². The second kappa shape index (κ2) is 6.76. The first-order valence-electron chi connectivity index (χ1n) is 7.34. The van der Waals surface area contributed by atoms with Crippen LogP contribution < -0.4 is 10.0 Å². The first-order chi connectivity index (χ1) is 11.5. The lowest BCUT2D eigenvalue weighted by molar-refractivity contribution is 0.0956. The number of carbonyl (C=O) groups is 1. The number of nitrogens with zero attached hydrogens (tertiary/aromatic N) is 1. The molecule has 0 aliphatic rings. The lowest BCUT2D eigenvalue weighted by Gasteiger charge is -2.06. The van der Waals surface area contributed by atoms with Gasteiger partial charge < -0.3 is 9.88 Å². The lowest BCUT2D eigenvalue weighted by atomic mass is 10.1. The number of carbonyl (C=O) groups excluding carboxylic acids is 1. The van der Waals surface area contributed by atoms with E-state index in [-0.39, 0.29) is 23.2 Å². The van der Waals surface area contributed by atoms with Gasteiger partial charge in [0, 0.05) is 37.2 Å².